The average Bonchev–Trinajstić information content (AvgIpc) is 2.53. The highest BCUT2D eigenvalue weighted by atomic mass is 16.6. The molecule has 0 aliphatic rings. The summed E-state index contributed by atoms with van der Waals surface area (Å²) in [7, 11) is 0. The molecular weight excluding hydrogens is 282 g/mol. The van der Waals surface area contributed by atoms with E-state index in [0.717, 1.165) is 12.0 Å². The van der Waals surface area contributed by atoms with Crippen molar-refractivity contribution in [1.82, 2.24) is 9.97 Å². The number of hydrogen-bond donors (Lipinski definition) is 2. The highest BCUT2D eigenvalue weighted by Crippen LogP contribution is 2.29. The molecule has 0 saturated heterocycles. The Labute approximate surface area is 129 Å². The first-order valence-corrected chi connectivity index (χ1v) is 7.15. The summed E-state index contributed by atoms with van der Waals surface area (Å²) in [4.78, 5) is 18.9. The SMILES string of the molecule is CCC(C)Nc1ncnc(NCc2ccccc2)c1[N+](=O)[O-]. The van der Waals surface area contributed by atoms with Crippen LogP contribution in [0.25, 0.3) is 0 Å². The molecule has 0 aliphatic carbocycles. The second kappa shape index (κ2) is 7.35. The summed E-state index contributed by atoms with van der Waals surface area (Å²) >= 11 is 0. The normalized spacial score (nSPS) is 11.7. The molecule has 1 unspecified atom stereocenters. The van der Waals surface area contributed by atoms with Gasteiger partial charge in [-0.15, -0.1) is 0 Å². The van der Waals surface area contributed by atoms with E-state index in [4.69, 9.17) is 0 Å². The number of anilines is 2. The fraction of sp³-hybridized carbons (Fsp3) is 0.333. The summed E-state index contributed by atoms with van der Waals surface area (Å²) in [5, 5.41) is 17.4. The molecule has 1 aromatic carbocycles. The van der Waals surface area contributed by atoms with Crippen molar-refractivity contribution >= 4 is 17.3 Å². The van der Waals surface area contributed by atoms with Gasteiger partial charge in [0, 0.05) is 12.6 Å². The molecule has 1 heterocycles. The zero-order valence-electron chi connectivity index (χ0n) is 12.6. The predicted octanol–water partition coefficient (Wildman–Crippen LogP) is 3.21. The number of benzene rings is 1. The third kappa shape index (κ3) is 3.91. The van der Waals surface area contributed by atoms with Crippen LogP contribution < -0.4 is 10.6 Å². The molecule has 116 valence electrons. The Morgan fingerprint density at radius 2 is 1.91 bits per heavy atom. The van der Waals surface area contributed by atoms with Crippen LogP contribution in [0.1, 0.15) is 25.8 Å². The third-order valence-corrected chi connectivity index (χ3v) is 3.30. The highest BCUT2D eigenvalue weighted by molar-refractivity contribution is 5.69. The number of nitro groups is 1. The number of nitrogens with one attached hydrogen (secondary N) is 2. The molecule has 2 aromatic rings. The zero-order valence-corrected chi connectivity index (χ0v) is 12.6. The Morgan fingerprint density at radius 1 is 1.23 bits per heavy atom. The van der Waals surface area contributed by atoms with Gasteiger partial charge in [0.2, 0.25) is 11.6 Å². The van der Waals surface area contributed by atoms with Crippen LogP contribution in [-0.4, -0.2) is 20.9 Å². The van der Waals surface area contributed by atoms with Crippen LogP contribution in [0.5, 0.6) is 0 Å². The van der Waals surface area contributed by atoms with Crippen molar-refractivity contribution in [3.63, 3.8) is 0 Å². The van der Waals surface area contributed by atoms with Crippen molar-refractivity contribution in [2.75, 3.05) is 10.6 Å². The minimum atomic E-state index is -0.460. The predicted molar refractivity (Wildman–Crippen MR) is 85.8 cm³/mol. The molecule has 1 aromatic heterocycles. The lowest BCUT2D eigenvalue weighted by Gasteiger charge is -2.13. The van der Waals surface area contributed by atoms with E-state index in [1.807, 2.05) is 44.2 Å². The number of rotatable bonds is 7. The Bertz CT molecular complexity index is 633. The summed E-state index contributed by atoms with van der Waals surface area (Å²) in [6.45, 7) is 4.41. The Morgan fingerprint density at radius 3 is 2.55 bits per heavy atom. The van der Waals surface area contributed by atoms with Gasteiger partial charge in [0.25, 0.3) is 0 Å². The van der Waals surface area contributed by atoms with Gasteiger partial charge in [-0.2, -0.15) is 0 Å². The second-order valence-corrected chi connectivity index (χ2v) is 4.97. The average molecular weight is 301 g/mol. The maximum Gasteiger partial charge on any atom is 0.353 e. The van der Waals surface area contributed by atoms with Gasteiger partial charge >= 0.3 is 5.69 Å². The molecular formula is C15H19N5O2. The van der Waals surface area contributed by atoms with Crippen LogP contribution in [0.15, 0.2) is 36.7 Å². The molecule has 22 heavy (non-hydrogen) atoms. The highest BCUT2D eigenvalue weighted by Gasteiger charge is 2.23. The van der Waals surface area contributed by atoms with Crippen LogP contribution in [0.2, 0.25) is 0 Å². The minimum absolute atomic E-state index is 0.0931. The number of aromatic nitrogens is 2. The van der Waals surface area contributed by atoms with E-state index in [0.29, 0.717) is 6.54 Å². The van der Waals surface area contributed by atoms with Crippen molar-refractivity contribution in [3.05, 3.63) is 52.3 Å². The maximum absolute atomic E-state index is 11.4. The number of hydrogen-bond acceptors (Lipinski definition) is 6. The van der Waals surface area contributed by atoms with E-state index >= 15 is 0 Å². The maximum atomic E-state index is 11.4. The summed E-state index contributed by atoms with van der Waals surface area (Å²) in [5.74, 6) is 0.458. The summed E-state index contributed by atoms with van der Waals surface area (Å²) in [6, 6.07) is 9.74. The monoisotopic (exact) mass is 301 g/mol. The van der Waals surface area contributed by atoms with Gasteiger partial charge in [0.1, 0.15) is 6.33 Å². The lowest BCUT2D eigenvalue weighted by atomic mass is 10.2. The van der Waals surface area contributed by atoms with Crippen molar-refractivity contribution in [1.29, 1.82) is 0 Å². The van der Waals surface area contributed by atoms with Gasteiger partial charge < -0.3 is 10.6 Å². The molecule has 0 amide bonds. The van der Waals surface area contributed by atoms with Crippen molar-refractivity contribution in [3.8, 4) is 0 Å². The molecule has 0 bridgehead atoms. The van der Waals surface area contributed by atoms with Gasteiger partial charge in [-0.3, -0.25) is 10.1 Å². The molecule has 2 N–H and O–H groups in total. The van der Waals surface area contributed by atoms with E-state index < -0.39 is 4.92 Å². The fourth-order valence-corrected chi connectivity index (χ4v) is 1.90. The van der Waals surface area contributed by atoms with Crippen LogP contribution in [0, 0.1) is 10.1 Å². The van der Waals surface area contributed by atoms with E-state index in [9.17, 15) is 10.1 Å². The minimum Gasteiger partial charge on any atom is -0.362 e. The fourth-order valence-electron chi connectivity index (χ4n) is 1.90. The van der Waals surface area contributed by atoms with E-state index in [1.54, 1.807) is 0 Å². The Balaban J connectivity index is 2.23. The smallest absolute Gasteiger partial charge is 0.353 e. The van der Waals surface area contributed by atoms with Gasteiger partial charge in [0.05, 0.1) is 4.92 Å². The van der Waals surface area contributed by atoms with Crippen molar-refractivity contribution in [2.24, 2.45) is 0 Å². The second-order valence-electron chi connectivity index (χ2n) is 4.97. The first kappa shape index (κ1) is 15.7. The third-order valence-electron chi connectivity index (χ3n) is 3.30. The molecule has 7 nitrogen and oxygen atoms in total. The quantitative estimate of drug-likeness (QED) is 0.602. The zero-order chi connectivity index (χ0) is 15.9. The van der Waals surface area contributed by atoms with Gasteiger partial charge in [-0.05, 0) is 18.9 Å². The van der Waals surface area contributed by atoms with Crippen LogP contribution >= 0.6 is 0 Å². The molecule has 7 heteroatoms. The molecule has 0 fully saturated rings. The van der Waals surface area contributed by atoms with Gasteiger partial charge in [-0.1, -0.05) is 37.3 Å². The van der Waals surface area contributed by atoms with Crippen molar-refractivity contribution in [2.45, 2.75) is 32.9 Å². The summed E-state index contributed by atoms with van der Waals surface area (Å²) in [6.07, 6.45) is 2.17. The van der Waals surface area contributed by atoms with Crippen LogP contribution in [0.4, 0.5) is 17.3 Å². The van der Waals surface area contributed by atoms with Gasteiger partial charge in [-0.25, -0.2) is 9.97 Å². The molecule has 1 atom stereocenters. The summed E-state index contributed by atoms with van der Waals surface area (Å²) < 4.78 is 0. The van der Waals surface area contributed by atoms with E-state index in [-0.39, 0.29) is 23.4 Å². The number of nitrogens with zero attached hydrogens (tertiary/aromatic N) is 3. The standard InChI is InChI=1S/C15H19N5O2/c1-3-11(2)19-15-13(20(21)22)14(17-10-18-15)16-9-12-7-5-4-6-8-12/h4-8,10-11H,3,9H2,1-2H3,(H2,16,17,18,19). The molecule has 0 radical (unpaired) electrons. The Kier molecular flexibility index (Phi) is 5.24. The first-order chi connectivity index (χ1) is 10.6. The molecule has 0 aliphatic heterocycles. The lowest BCUT2D eigenvalue weighted by molar-refractivity contribution is -0.383. The largest absolute Gasteiger partial charge is 0.362 e. The molecule has 0 spiro atoms. The van der Waals surface area contributed by atoms with Crippen molar-refractivity contribution < 1.29 is 4.92 Å². The summed E-state index contributed by atoms with van der Waals surface area (Å²) in [5.41, 5.74) is 0.894. The van der Waals surface area contributed by atoms with Gasteiger partial charge in [0.15, 0.2) is 0 Å². The van der Waals surface area contributed by atoms with Crippen LogP contribution in [-0.2, 0) is 6.54 Å². The molecule has 0 saturated carbocycles. The van der Waals surface area contributed by atoms with Crippen LogP contribution in [0.3, 0.4) is 0 Å². The first-order valence-electron chi connectivity index (χ1n) is 7.15. The Hall–Kier alpha value is -2.70. The van der Waals surface area contributed by atoms with E-state index in [2.05, 4.69) is 20.6 Å². The van der Waals surface area contributed by atoms with E-state index in [1.165, 1.54) is 6.33 Å². The molecule has 2 rings (SSSR count). The topological polar surface area (TPSA) is 93.0 Å². The lowest BCUT2D eigenvalue weighted by Crippen LogP contribution is -2.17.